The molecule has 0 fully saturated rings. The van der Waals surface area contributed by atoms with Crippen LogP contribution < -0.4 is 15.4 Å². The molecule has 0 unspecified atom stereocenters. The number of benzene rings is 2. The normalized spacial score (nSPS) is 18.6. The minimum Gasteiger partial charge on any atom is -0.360 e. The largest absolute Gasteiger partial charge is 0.360 e. The van der Waals surface area contributed by atoms with Crippen LogP contribution in [0.25, 0.3) is 0 Å². The Morgan fingerprint density at radius 2 is 1.83 bits per heavy atom. The summed E-state index contributed by atoms with van der Waals surface area (Å²) in [5.74, 6) is -1.95. The molecule has 23 heavy (non-hydrogen) atoms. The number of rotatable bonds is 2. The molecule has 1 atom stereocenters. The molecule has 1 heterocycles. The highest BCUT2D eigenvalue weighted by Gasteiger charge is 2.33. The minimum absolute atomic E-state index is 0.0249. The van der Waals surface area contributed by atoms with Crippen LogP contribution in [0.3, 0.4) is 0 Å². The van der Waals surface area contributed by atoms with Crippen LogP contribution >= 0.6 is 0 Å². The van der Waals surface area contributed by atoms with E-state index in [1.165, 1.54) is 18.2 Å². The van der Waals surface area contributed by atoms with Crippen molar-refractivity contribution in [3.63, 3.8) is 0 Å². The van der Waals surface area contributed by atoms with Crippen molar-refractivity contribution in [1.82, 2.24) is 4.72 Å². The van der Waals surface area contributed by atoms with Crippen LogP contribution in [0.5, 0.6) is 0 Å². The number of carbonyl (C=O) groups excluding carboxylic acids is 1. The number of nitrogens with one attached hydrogen (secondary N) is 3. The lowest BCUT2D eigenvalue weighted by Gasteiger charge is -2.27. The standard InChI is InChI=1S/C14H11F2N3O3S/c15-8-2-1-3-10(6-8)17-14(20)13-18-11-7-9(16)4-5-12(11)23(21,22)19-13/h1-7,13,18-19H,(H,17,20)/t13-/m0/s1. The van der Waals surface area contributed by atoms with E-state index in [9.17, 15) is 22.0 Å². The highest BCUT2D eigenvalue weighted by atomic mass is 32.2. The fourth-order valence-corrected chi connectivity index (χ4v) is 3.41. The Balaban J connectivity index is 1.86. The summed E-state index contributed by atoms with van der Waals surface area (Å²) in [4.78, 5) is 12.0. The number of amides is 1. The maximum atomic E-state index is 13.3. The van der Waals surface area contributed by atoms with Gasteiger partial charge in [-0.2, -0.15) is 4.72 Å². The maximum Gasteiger partial charge on any atom is 0.262 e. The Hall–Kier alpha value is -2.52. The van der Waals surface area contributed by atoms with Gasteiger partial charge >= 0.3 is 0 Å². The Morgan fingerprint density at radius 1 is 1.09 bits per heavy atom. The third-order valence-electron chi connectivity index (χ3n) is 3.16. The maximum absolute atomic E-state index is 13.3. The SMILES string of the molecule is O=C(Nc1cccc(F)c1)[C@H]1Nc2cc(F)ccc2S(=O)(=O)N1. The van der Waals surface area contributed by atoms with Crippen molar-refractivity contribution in [2.75, 3.05) is 10.6 Å². The molecule has 0 bridgehead atoms. The summed E-state index contributed by atoms with van der Waals surface area (Å²) in [6.07, 6.45) is -1.35. The van der Waals surface area contributed by atoms with Gasteiger partial charge in [0.15, 0.2) is 6.17 Å². The fourth-order valence-electron chi connectivity index (χ4n) is 2.15. The molecule has 2 aromatic rings. The molecule has 1 amide bonds. The molecule has 0 saturated carbocycles. The van der Waals surface area contributed by atoms with Crippen molar-refractivity contribution in [3.8, 4) is 0 Å². The van der Waals surface area contributed by atoms with Crippen LogP contribution in [0.1, 0.15) is 0 Å². The highest BCUT2D eigenvalue weighted by molar-refractivity contribution is 7.89. The molecule has 3 rings (SSSR count). The predicted octanol–water partition coefficient (Wildman–Crippen LogP) is 1.63. The van der Waals surface area contributed by atoms with Crippen LogP contribution in [0.2, 0.25) is 0 Å². The van der Waals surface area contributed by atoms with Gasteiger partial charge in [-0.25, -0.2) is 17.2 Å². The third kappa shape index (κ3) is 3.15. The van der Waals surface area contributed by atoms with Gasteiger partial charge in [0.05, 0.1) is 5.69 Å². The number of hydrogen-bond acceptors (Lipinski definition) is 4. The lowest BCUT2D eigenvalue weighted by molar-refractivity contribution is -0.117. The van der Waals surface area contributed by atoms with Crippen molar-refractivity contribution >= 4 is 27.3 Å². The number of hydrogen-bond donors (Lipinski definition) is 3. The van der Waals surface area contributed by atoms with Gasteiger partial charge in [-0.15, -0.1) is 0 Å². The molecular weight excluding hydrogens is 328 g/mol. The smallest absolute Gasteiger partial charge is 0.262 e. The van der Waals surface area contributed by atoms with Gasteiger partial charge in [0.2, 0.25) is 10.0 Å². The fraction of sp³-hybridized carbons (Fsp3) is 0.0714. The second-order valence-corrected chi connectivity index (χ2v) is 6.52. The zero-order valence-corrected chi connectivity index (χ0v) is 12.3. The number of carbonyl (C=O) groups is 1. The molecular formula is C14H11F2N3O3S. The first kappa shape index (κ1) is 15.4. The van der Waals surface area contributed by atoms with Gasteiger partial charge in [0.25, 0.3) is 5.91 Å². The van der Waals surface area contributed by atoms with E-state index in [1.54, 1.807) is 0 Å². The van der Waals surface area contributed by atoms with Crippen molar-refractivity contribution < 1.29 is 22.0 Å². The first-order valence-corrected chi connectivity index (χ1v) is 7.98. The van der Waals surface area contributed by atoms with Crippen LogP contribution in [0, 0.1) is 11.6 Å². The molecule has 0 spiro atoms. The lowest BCUT2D eigenvalue weighted by Crippen LogP contribution is -2.51. The quantitative estimate of drug-likeness (QED) is 0.776. The Labute approximate surface area is 130 Å². The number of anilines is 2. The molecule has 120 valence electrons. The number of fused-ring (bicyclic) bond motifs is 1. The van der Waals surface area contributed by atoms with E-state index < -0.39 is 33.7 Å². The first-order chi connectivity index (χ1) is 10.8. The summed E-state index contributed by atoms with van der Waals surface area (Å²) in [5, 5.41) is 4.97. The minimum atomic E-state index is -3.97. The summed E-state index contributed by atoms with van der Waals surface area (Å²) < 4.78 is 52.7. The van der Waals surface area contributed by atoms with E-state index in [4.69, 9.17) is 0 Å². The molecule has 0 aromatic heterocycles. The number of sulfonamides is 1. The molecule has 0 saturated heterocycles. The molecule has 0 radical (unpaired) electrons. The van der Waals surface area contributed by atoms with E-state index in [2.05, 4.69) is 15.4 Å². The predicted molar refractivity (Wildman–Crippen MR) is 79.2 cm³/mol. The van der Waals surface area contributed by atoms with Crippen molar-refractivity contribution in [2.45, 2.75) is 11.1 Å². The molecule has 9 heteroatoms. The van der Waals surface area contributed by atoms with Gasteiger partial charge in [-0.3, -0.25) is 4.79 Å². The Morgan fingerprint density at radius 3 is 2.57 bits per heavy atom. The van der Waals surface area contributed by atoms with Crippen LogP contribution in [0.15, 0.2) is 47.4 Å². The summed E-state index contributed by atoms with van der Waals surface area (Å²) >= 11 is 0. The summed E-state index contributed by atoms with van der Waals surface area (Å²) in [6.45, 7) is 0. The zero-order valence-electron chi connectivity index (χ0n) is 11.5. The summed E-state index contributed by atoms with van der Waals surface area (Å²) in [5.41, 5.74) is 0.143. The molecule has 3 N–H and O–H groups in total. The Kier molecular flexibility index (Phi) is 3.74. The van der Waals surface area contributed by atoms with Crippen molar-refractivity contribution in [1.29, 1.82) is 0 Å². The topological polar surface area (TPSA) is 87.3 Å². The average molecular weight is 339 g/mol. The lowest BCUT2D eigenvalue weighted by atomic mass is 10.2. The van der Waals surface area contributed by atoms with E-state index in [1.807, 2.05) is 0 Å². The second-order valence-electron chi connectivity index (χ2n) is 4.84. The van der Waals surface area contributed by atoms with Gasteiger partial charge < -0.3 is 10.6 Å². The van der Waals surface area contributed by atoms with Gasteiger partial charge in [0, 0.05) is 5.69 Å². The molecule has 1 aliphatic rings. The van der Waals surface area contributed by atoms with Gasteiger partial charge in [-0.1, -0.05) is 6.07 Å². The average Bonchev–Trinajstić information content (AvgIpc) is 2.45. The van der Waals surface area contributed by atoms with E-state index in [0.717, 1.165) is 24.3 Å². The molecule has 6 nitrogen and oxygen atoms in total. The van der Waals surface area contributed by atoms with E-state index in [0.29, 0.717) is 0 Å². The monoisotopic (exact) mass is 339 g/mol. The zero-order chi connectivity index (χ0) is 16.6. The van der Waals surface area contributed by atoms with Crippen molar-refractivity contribution in [2.24, 2.45) is 0 Å². The first-order valence-electron chi connectivity index (χ1n) is 6.50. The van der Waals surface area contributed by atoms with Gasteiger partial charge in [0.1, 0.15) is 16.5 Å². The summed E-state index contributed by atoms with van der Waals surface area (Å²) in [6, 6.07) is 8.23. The summed E-state index contributed by atoms with van der Waals surface area (Å²) in [7, 11) is -3.97. The Bertz CT molecular complexity index is 887. The third-order valence-corrected chi connectivity index (χ3v) is 4.64. The van der Waals surface area contributed by atoms with Crippen LogP contribution in [0.4, 0.5) is 20.2 Å². The molecule has 0 aliphatic carbocycles. The van der Waals surface area contributed by atoms with Crippen molar-refractivity contribution in [3.05, 3.63) is 54.1 Å². The highest BCUT2D eigenvalue weighted by Crippen LogP contribution is 2.26. The molecule has 2 aromatic carbocycles. The van der Waals surface area contributed by atoms with Crippen LogP contribution in [-0.2, 0) is 14.8 Å². The molecule has 1 aliphatic heterocycles. The number of halogens is 2. The van der Waals surface area contributed by atoms with E-state index in [-0.39, 0.29) is 16.3 Å². The van der Waals surface area contributed by atoms with Crippen LogP contribution in [-0.4, -0.2) is 20.5 Å². The second kappa shape index (κ2) is 5.60. The van der Waals surface area contributed by atoms with Gasteiger partial charge in [-0.05, 0) is 36.4 Å². The van der Waals surface area contributed by atoms with E-state index >= 15 is 0 Å².